The van der Waals surface area contributed by atoms with Crippen molar-refractivity contribution in [1.29, 1.82) is 0 Å². The largest absolute Gasteiger partial charge is 0.392 e. The number of aliphatic hydroxyl groups excluding tert-OH is 2. The highest BCUT2D eigenvalue weighted by atomic mass is 16.3. The molecule has 0 fully saturated rings. The van der Waals surface area contributed by atoms with E-state index in [2.05, 4.69) is 26.8 Å². The third kappa shape index (κ3) is 5.58. The zero-order chi connectivity index (χ0) is 16.8. The first-order valence-electron chi connectivity index (χ1n) is 8.27. The minimum atomic E-state index is -0.561. The monoisotopic (exact) mass is 304 g/mol. The van der Waals surface area contributed by atoms with E-state index in [0.29, 0.717) is 0 Å². The highest BCUT2D eigenvalue weighted by Crippen LogP contribution is 2.42. The summed E-state index contributed by atoms with van der Waals surface area (Å²) >= 11 is 0. The van der Waals surface area contributed by atoms with Gasteiger partial charge in [-0.2, -0.15) is 0 Å². The molecule has 0 unspecified atom stereocenters. The van der Waals surface area contributed by atoms with Gasteiger partial charge in [-0.05, 0) is 57.4 Å². The lowest BCUT2D eigenvalue weighted by Gasteiger charge is -2.34. The lowest BCUT2D eigenvalue weighted by Crippen LogP contribution is -2.20. The van der Waals surface area contributed by atoms with Crippen LogP contribution in [0.4, 0.5) is 0 Å². The smallest absolute Gasteiger partial charge is 0.0932 e. The summed E-state index contributed by atoms with van der Waals surface area (Å²) in [6, 6.07) is 0. The van der Waals surface area contributed by atoms with Gasteiger partial charge in [0.2, 0.25) is 0 Å². The minimum absolute atomic E-state index is 0.0314. The third-order valence-electron chi connectivity index (χ3n) is 4.74. The Bertz CT molecular complexity index is 490. The van der Waals surface area contributed by atoms with Gasteiger partial charge in [-0.25, -0.2) is 0 Å². The molecule has 1 rings (SSSR count). The van der Waals surface area contributed by atoms with Gasteiger partial charge in [0.15, 0.2) is 0 Å². The van der Waals surface area contributed by atoms with Crippen LogP contribution in [-0.4, -0.2) is 22.9 Å². The first kappa shape index (κ1) is 18.9. The number of hydrogen-bond donors (Lipinski definition) is 2. The standard InChI is InChI=1S/C20H32O2/c1-15(12-14-21)8-11-19(22)17(3)9-10-18-16(2)7-6-13-20(18,4)5/h8-9,11-12,19,21-22H,6-7,10,13-14H2,1-5H3/b11-8+,15-12+,17-9+/t19-/m1/s1. The molecule has 0 radical (unpaired) electrons. The topological polar surface area (TPSA) is 40.5 Å². The van der Waals surface area contributed by atoms with Crippen LogP contribution in [0, 0.1) is 5.41 Å². The Balaban J connectivity index is 2.75. The summed E-state index contributed by atoms with van der Waals surface area (Å²) in [5.74, 6) is 0. The molecule has 0 saturated heterocycles. The van der Waals surface area contributed by atoms with Crippen LogP contribution >= 0.6 is 0 Å². The molecular formula is C20H32O2. The van der Waals surface area contributed by atoms with E-state index in [4.69, 9.17) is 5.11 Å². The summed E-state index contributed by atoms with van der Waals surface area (Å²) in [6.07, 6.45) is 11.6. The molecule has 1 aliphatic carbocycles. The average molecular weight is 304 g/mol. The van der Waals surface area contributed by atoms with E-state index in [1.807, 2.05) is 19.9 Å². The molecule has 1 atom stereocenters. The molecule has 0 aromatic rings. The minimum Gasteiger partial charge on any atom is -0.392 e. The maximum Gasteiger partial charge on any atom is 0.0932 e. The zero-order valence-corrected chi connectivity index (χ0v) is 14.8. The van der Waals surface area contributed by atoms with Gasteiger partial charge in [0.1, 0.15) is 0 Å². The van der Waals surface area contributed by atoms with Gasteiger partial charge in [-0.1, -0.05) is 54.9 Å². The lowest BCUT2D eigenvalue weighted by molar-refractivity contribution is 0.258. The molecule has 2 nitrogen and oxygen atoms in total. The van der Waals surface area contributed by atoms with Crippen LogP contribution in [0.5, 0.6) is 0 Å². The number of hydrogen-bond acceptors (Lipinski definition) is 2. The van der Waals surface area contributed by atoms with Crippen LogP contribution in [0.1, 0.15) is 60.3 Å². The molecule has 0 heterocycles. The van der Waals surface area contributed by atoms with Crippen molar-refractivity contribution in [2.75, 3.05) is 6.61 Å². The van der Waals surface area contributed by atoms with Crippen molar-refractivity contribution in [2.45, 2.75) is 66.4 Å². The molecule has 1 aliphatic rings. The third-order valence-corrected chi connectivity index (χ3v) is 4.74. The summed E-state index contributed by atoms with van der Waals surface area (Å²) in [7, 11) is 0. The highest BCUT2D eigenvalue weighted by molar-refractivity contribution is 5.27. The average Bonchev–Trinajstić information content (AvgIpc) is 2.43. The molecule has 0 saturated carbocycles. The van der Waals surface area contributed by atoms with E-state index in [0.717, 1.165) is 17.6 Å². The van der Waals surface area contributed by atoms with Gasteiger partial charge in [-0.15, -0.1) is 0 Å². The molecule has 0 aromatic carbocycles. The van der Waals surface area contributed by atoms with Crippen molar-refractivity contribution < 1.29 is 10.2 Å². The van der Waals surface area contributed by atoms with E-state index in [-0.39, 0.29) is 12.0 Å². The van der Waals surface area contributed by atoms with Gasteiger partial charge in [0.05, 0.1) is 12.7 Å². The lowest BCUT2D eigenvalue weighted by atomic mass is 9.71. The summed E-state index contributed by atoms with van der Waals surface area (Å²) in [6.45, 7) is 10.8. The van der Waals surface area contributed by atoms with Crippen LogP contribution in [0.15, 0.2) is 46.6 Å². The van der Waals surface area contributed by atoms with Crippen LogP contribution < -0.4 is 0 Å². The normalized spacial score (nSPS) is 21.6. The molecule has 124 valence electrons. The Hall–Kier alpha value is -1.12. The number of rotatable bonds is 6. The molecule has 0 aliphatic heterocycles. The predicted octanol–water partition coefficient (Wildman–Crippen LogP) is 4.71. The van der Waals surface area contributed by atoms with Gasteiger partial charge in [0.25, 0.3) is 0 Å². The van der Waals surface area contributed by atoms with Crippen LogP contribution in [0.25, 0.3) is 0 Å². The number of allylic oxidation sites excluding steroid dienone is 5. The molecular weight excluding hydrogens is 272 g/mol. The van der Waals surface area contributed by atoms with Crippen LogP contribution in [-0.2, 0) is 0 Å². The second kappa shape index (κ2) is 8.50. The Labute approximate surface area is 135 Å². The van der Waals surface area contributed by atoms with E-state index >= 15 is 0 Å². The van der Waals surface area contributed by atoms with Crippen LogP contribution in [0.3, 0.4) is 0 Å². The SMILES string of the molecule is CC1=C(C/C=C(\C)[C@H](O)/C=C/C(C)=C/CO)C(C)(C)CCC1. The van der Waals surface area contributed by atoms with Crippen molar-refractivity contribution in [3.8, 4) is 0 Å². The van der Waals surface area contributed by atoms with E-state index in [1.54, 1.807) is 12.2 Å². The molecule has 0 amide bonds. The fourth-order valence-electron chi connectivity index (χ4n) is 3.12. The Morgan fingerprint density at radius 3 is 2.55 bits per heavy atom. The first-order chi connectivity index (χ1) is 10.3. The van der Waals surface area contributed by atoms with Crippen molar-refractivity contribution >= 4 is 0 Å². The van der Waals surface area contributed by atoms with Crippen molar-refractivity contribution in [1.82, 2.24) is 0 Å². The van der Waals surface area contributed by atoms with E-state index in [9.17, 15) is 5.11 Å². The fraction of sp³-hybridized carbons (Fsp3) is 0.600. The van der Waals surface area contributed by atoms with E-state index in [1.165, 1.54) is 30.4 Å². The molecule has 0 aromatic heterocycles. The Morgan fingerprint density at radius 1 is 1.27 bits per heavy atom. The summed E-state index contributed by atoms with van der Waals surface area (Å²) in [5.41, 5.74) is 5.27. The molecule has 2 N–H and O–H groups in total. The predicted molar refractivity (Wildman–Crippen MR) is 94.7 cm³/mol. The summed E-state index contributed by atoms with van der Waals surface area (Å²) < 4.78 is 0. The summed E-state index contributed by atoms with van der Waals surface area (Å²) in [5, 5.41) is 19.0. The van der Waals surface area contributed by atoms with Gasteiger partial charge < -0.3 is 10.2 Å². The fourth-order valence-corrected chi connectivity index (χ4v) is 3.12. The van der Waals surface area contributed by atoms with Gasteiger partial charge in [-0.3, -0.25) is 0 Å². The number of aliphatic hydroxyl groups is 2. The quantitative estimate of drug-likeness (QED) is 0.551. The molecule has 2 heteroatoms. The zero-order valence-electron chi connectivity index (χ0n) is 14.8. The van der Waals surface area contributed by atoms with E-state index < -0.39 is 6.10 Å². The van der Waals surface area contributed by atoms with Gasteiger partial charge in [0, 0.05) is 0 Å². The van der Waals surface area contributed by atoms with Gasteiger partial charge >= 0.3 is 0 Å². The van der Waals surface area contributed by atoms with Crippen LogP contribution in [0.2, 0.25) is 0 Å². The van der Waals surface area contributed by atoms with Crippen molar-refractivity contribution in [3.05, 3.63) is 46.6 Å². The van der Waals surface area contributed by atoms with Crippen molar-refractivity contribution in [3.63, 3.8) is 0 Å². The maximum atomic E-state index is 10.2. The molecule has 22 heavy (non-hydrogen) atoms. The Morgan fingerprint density at radius 2 is 1.95 bits per heavy atom. The second-order valence-electron chi connectivity index (χ2n) is 7.08. The Kier molecular flexibility index (Phi) is 7.31. The first-order valence-corrected chi connectivity index (χ1v) is 8.27. The molecule has 0 spiro atoms. The highest BCUT2D eigenvalue weighted by Gasteiger charge is 2.27. The molecule has 0 bridgehead atoms. The second-order valence-corrected chi connectivity index (χ2v) is 7.08. The van der Waals surface area contributed by atoms with Crippen molar-refractivity contribution in [2.24, 2.45) is 5.41 Å². The maximum absolute atomic E-state index is 10.2. The summed E-state index contributed by atoms with van der Waals surface area (Å²) in [4.78, 5) is 0.